The van der Waals surface area contributed by atoms with Crippen molar-refractivity contribution < 1.29 is 9.53 Å². The lowest BCUT2D eigenvalue weighted by molar-refractivity contribution is 0.0600. The number of benzene rings is 1. The molecule has 3 heterocycles. The second-order valence-corrected chi connectivity index (χ2v) is 7.79. The van der Waals surface area contributed by atoms with Crippen LogP contribution in [0, 0.1) is 13.8 Å². The lowest BCUT2D eigenvalue weighted by atomic mass is 9.97. The number of thiocarbonyl (C=S) groups is 1. The highest BCUT2D eigenvalue weighted by Gasteiger charge is 2.39. The van der Waals surface area contributed by atoms with Gasteiger partial charge in [0, 0.05) is 24.6 Å². The maximum atomic E-state index is 12.3. The van der Waals surface area contributed by atoms with Crippen LogP contribution in [-0.4, -0.2) is 39.7 Å². The molecule has 7 heteroatoms. The molecule has 0 bridgehead atoms. The topological polar surface area (TPSA) is 59.4 Å². The minimum absolute atomic E-state index is 0.0161. The standard InChI is InChI=1S/C23H24N4O2S/c1-14-13-17(15(2)27(14)19-11-6-5-9-16(19)22(28)29-4)21-20(25-23(30)26(21)3)18-10-7-8-12-24-18/h5-13,20-21H,1-4H3,(H,25,30)/t20-,21-/m0/s1. The van der Waals surface area contributed by atoms with E-state index in [9.17, 15) is 4.79 Å². The van der Waals surface area contributed by atoms with Crippen molar-refractivity contribution in [2.45, 2.75) is 25.9 Å². The summed E-state index contributed by atoms with van der Waals surface area (Å²) in [5.74, 6) is -0.355. The highest BCUT2D eigenvalue weighted by Crippen LogP contribution is 2.40. The van der Waals surface area contributed by atoms with E-state index in [2.05, 4.69) is 32.8 Å². The molecule has 0 aliphatic carbocycles. The largest absolute Gasteiger partial charge is 0.465 e. The smallest absolute Gasteiger partial charge is 0.339 e. The number of ether oxygens (including phenoxy) is 1. The Bertz CT molecular complexity index is 1110. The van der Waals surface area contributed by atoms with Gasteiger partial charge in [0.1, 0.15) is 0 Å². The fourth-order valence-electron chi connectivity index (χ4n) is 4.26. The number of likely N-dealkylation sites (N-methyl/N-ethyl adjacent to an activating group) is 1. The summed E-state index contributed by atoms with van der Waals surface area (Å²) in [6, 6.07) is 15.5. The minimum Gasteiger partial charge on any atom is -0.465 e. The van der Waals surface area contributed by atoms with Gasteiger partial charge in [-0.05, 0) is 62.0 Å². The van der Waals surface area contributed by atoms with E-state index < -0.39 is 0 Å². The van der Waals surface area contributed by atoms with Crippen molar-refractivity contribution in [2.75, 3.05) is 14.2 Å². The van der Waals surface area contributed by atoms with Crippen LogP contribution >= 0.6 is 12.2 Å². The first-order valence-corrected chi connectivity index (χ1v) is 10.2. The molecule has 1 fully saturated rings. The quantitative estimate of drug-likeness (QED) is 0.511. The van der Waals surface area contributed by atoms with E-state index in [0.717, 1.165) is 28.3 Å². The molecule has 154 valence electrons. The zero-order valence-corrected chi connectivity index (χ0v) is 18.2. The highest BCUT2D eigenvalue weighted by atomic mass is 32.1. The van der Waals surface area contributed by atoms with Crippen molar-refractivity contribution >= 4 is 23.3 Å². The summed E-state index contributed by atoms with van der Waals surface area (Å²) in [4.78, 5) is 19.0. The van der Waals surface area contributed by atoms with Crippen molar-refractivity contribution in [1.82, 2.24) is 19.8 Å². The Balaban J connectivity index is 1.85. The summed E-state index contributed by atoms with van der Waals surface area (Å²) in [6.45, 7) is 4.11. The van der Waals surface area contributed by atoms with Gasteiger partial charge < -0.3 is 19.5 Å². The molecule has 2 aromatic heterocycles. The number of pyridine rings is 1. The van der Waals surface area contributed by atoms with Crippen LogP contribution in [0.25, 0.3) is 5.69 Å². The van der Waals surface area contributed by atoms with Crippen molar-refractivity contribution in [2.24, 2.45) is 0 Å². The number of nitrogens with zero attached hydrogens (tertiary/aromatic N) is 3. The molecule has 4 rings (SSSR count). The zero-order chi connectivity index (χ0) is 21.4. The average molecular weight is 421 g/mol. The van der Waals surface area contributed by atoms with Crippen LogP contribution in [0.5, 0.6) is 0 Å². The molecule has 1 aromatic carbocycles. The summed E-state index contributed by atoms with van der Waals surface area (Å²) >= 11 is 5.56. The Labute approximate surface area is 181 Å². The maximum Gasteiger partial charge on any atom is 0.339 e. The molecule has 1 aliphatic rings. The normalized spacial score (nSPS) is 18.4. The van der Waals surface area contributed by atoms with Gasteiger partial charge in [-0.3, -0.25) is 4.98 Å². The molecule has 0 amide bonds. The molecule has 6 nitrogen and oxygen atoms in total. The number of para-hydroxylation sites is 1. The molecule has 1 saturated heterocycles. The first-order valence-electron chi connectivity index (χ1n) is 9.75. The monoisotopic (exact) mass is 420 g/mol. The molecule has 0 spiro atoms. The number of methoxy groups -OCH3 is 1. The number of rotatable bonds is 4. The third kappa shape index (κ3) is 3.25. The lowest BCUT2D eigenvalue weighted by Gasteiger charge is -2.24. The number of carbonyl (C=O) groups excluding carboxylic acids is 1. The molecule has 0 saturated carbocycles. The van der Waals surface area contributed by atoms with Crippen LogP contribution in [0.15, 0.2) is 54.7 Å². The molecule has 3 aromatic rings. The molecular weight excluding hydrogens is 396 g/mol. The minimum atomic E-state index is -0.355. The number of hydrogen-bond acceptors (Lipinski definition) is 4. The van der Waals surface area contributed by atoms with Crippen LogP contribution in [0.4, 0.5) is 0 Å². The average Bonchev–Trinajstić information content (AvgIpc) is 3.22. The van der Waals surface area contributed by atoms with E-state index in [1.54, 1.807) is 12.3 Å². The van der Waals surface area contributed by atoms with E-state index in [0.29, 0.717) is 10.7 Å². The van der Waals surface area contributed by atoms with Crippen LogP contribution in [0.3, 0.4) is 0 Å². The summed E-state index contributed by atoms with van der Waals surface area (Å²) < 4.78 is 7.10. The summed E-state index contributed by atoms with van der Waals surface area (Å²) in [5, 5.41) is 4.10. The number of carbonyl (C=O) groups is 1. The van der Waals surface area contributed by atoms with E-state index in [-0.39, 0.29) is 18.1 Å². The number of aromatic nitrogens is 2. The van der Waals surface area contributed by atoms with Crippen LogP contribution < -0.4 is 5.32 Å². The van der Waals surface area contributed by atoms with E-state index in [1.165, 1.54) is 7.11 Å². The third-order valence-corrected chi connectivity index (χ3v) is 6.08. The van der Waals surface area contributed by atoms with Crippen molar-refractivity contribution in [1.29, 1.82) is 0 Å². The van der Waals surface area contributed by atoms with Crippen LogP contribution in [0.2, 0.25) is 0 Å². The fourth-order valence-corrected chi connectivity index (χ4v) is 4.50. The Morgan fingerprint density at radius 3 is 2.60 bits per heavy atom. The summed E-state index contributed by atoms with van der Waals surface area (Å²) in [5.41, 5.74) is 5.49. The van der Waals surface area contributed by atoms with Crippen LogP contribution in [-0.2, 0) is 4.74 Å². The van der Waals surface area contributed by atoms with Gasteiger partial charge in [0.2, 0.25) is 0 Å². The van der Waals surface area contributed by atoms with E-state index in [1.807, 2.05) is 50.4 Å². The molecule has 1 N–H and O–H groups in total. The second-order valence-electron chi connectivity index (χ2n) is 7.41. The van der Waals surface area contributed by atoms with Gasteiger partial charge in [-0.15, -0.1) is 0 Å². The molecule has 1 aliphatic heterocycles. The first-order chi connectivity index (χ1) is 14.4. The van der Waals surface area contributed by atoms with Crippen LogP contribution in [0.1, 0.15) is 45.1 Å². The fraction of sp³-hybridized carbons (Fsp3) is 0.261. The van der Waals surface area contributed by atoms with Gasteiger partial charge in [0.25, 0.3) is 0 Å². The number of esters is 1. The molecular formula is C23H24N4O2S. The van der Waals surface area contributed by atoms with Crippen molar-refractivity contribution in [3.63, 3.8) is 0 Å². The zero-order valence-electron chi connectivity index (χ0n) is 17.4. The van der Waals surface area contributed by atoms with Gasteiger partial charge in [-0.2, -0.15) is 0 Å². The number of nitrogens with one attached hydrogen (secondary N) is 1. The lowest BCUT2D eigenvalue weighted by Crippen LogP contribution is -2.25. The Kier molecular flexibility index (Phi) is 5.30. The summed E-state index contributed by atoms with van der Waals surface area (Å²) in [7, 11) is 3.40. The highest BCUT2D eigenvalue weighted by molar-refractivity contribution is 7.80. The third-order valence-electron chi connectivity index (χ3n) is 5.68. The number of hydrogen-bond donors (Lipinski definition) is 1. The van der Waals surface area contributed by atoms with Gasteiger partial charge in [0.05, 0.1) is 36.1 Å². The number of aryl methyl sites for hydroxylation is 1. The Morgan fingerprint density at radius 1 is 1.17 bits per heavy atom. The molecule has 2 atom stereocenters. The molecule has 0 unspecified atom stereocenters. The molecule has 30 heavy (non-hydrogen) atoms. The van der Waals surface area contributed by atoms with Crippen molar-refractivity contribution in [3.05, 3.63) is 82.9 Å². The predicted octanol–water partition coefficient (Wildman–Crippen LogP) is 3.88. The van der Waals surface area contributed by atoms with E-state index >= 15 is 0 Å². The molecule has 0 radical (unpaired) electrons. The maximum absolute atomic E-state index is 12.3. The Hall–Kier alpha value is -3.19. The second kappa shape index (κ2) is 7.91. The SMILES string of the molecule is COC(=O)c1ccccc1-n1c(C)cc([C@H]2[C@H](c3ccccn3)NC(=S)N2C)c1C. The van der Waals surface area contributed by atoms with Gasteiger partial charge >= 0.3 is 5.97 Å². The Morgan fingerprint density at radius 2 is 1.90 bits per heavy atom. The van der Waals surface area contributed by atoms with E-state index in [4.69, 9.17) is 17.0 Å². The van der Waals surface area contributed by atoms with Crippen molar-refractivity contribution in [3.8, 4) is 5.69 Å². The first kappa shape index (κ1) is 20.1. The predicted molar refractivity (Wildman–Crippen MR) is 120 cm³/mol. The van der Waals surface area contributed by atoms with Gasteiger partial charge in [-0.1, -0.05) is 18.2 Å². The van der Waals surface area contributed by atoms with Gasteiger partial charge in [0.15, 0.2) is 5.11 Å². The summed E-state index contributed by atoms with van der Waals surface area (Å²) in [6.07, 6.45) is 1.80. The van der Waals surface area contributed by atoms with Gasteiger partial charge in [-0.25, -0.2) is 4.79 Å².